The molecule has 1 rings (SSSR count). The van der Waals surface area contributed by atoms with Gasteiger partial charge in [-0.15, -0.1) is 0 Å². The molecule has 1 aromatic heterocycles. The van der Waals surface area contributed by atoms with Crippen molar-refractivity contribution >= 4 is 6.29 Å². The quantitative estimate of drug-likeness (QED) is 0.657. The van der Waals surface area contributed by atoms with Crippen molar-refractivity contribution in [2.45, 2.75) is 26.4 Å². The van der Waals surface area contributed by atoms with Crippen LogP contribution in [0.5, 0.6) is 0 Å². The van der Waals surface area contributed by atoms with Gasteiger partial charge in [0.25, 0.3) is 5.89 Å². The van der Waals surface area contributed by atoms with Gasteiger partial charge >= 0.3 is 0 Å². The summed E-state index contributed by atoms with van der Waals surface area (Å²) in [6, 6.07) is 0. The summed E-state index contributed by atoms with van der Waals surface area (Å²) in [6.07, 6.45) is 0.512. The third-order valence-corrected chi connectivity index (χ3v) is 1.59. The van der Waals surface area contributed by atoms with Crippen molar-refractivity contribution in [2.75, 3.05) is 6.61 Å². The molecule has 0 aliphatic carbocycles. The average molecular weight is 184 g/mol. The molecule has 0 bridgehead atoms. The van der Waals surface area contributed by atoms with Crippen LogP contribution in [0.25, 0.3) is 0 Å². The molecular weight excluding hydrogens is 172 g/mol. The van der Waals surface area contributed by atoms with Crippen LogP contribution in [0.2, 0.25) is 0 Å². The van der Waals surface area contributed by atoms with Crippen molar-refractivity contribution in [1.29, 1.82) is 0 Å². The Bertz CT molecular complexity index is 293. The monoisotopic (exact) mass is 184 g/mol. The normalized spacial score (nSPS) is 11.6. The Labute approximate surface area is 76.1 Å². The fourth-order valence-corrected chi connectivity index (χ4v) is 0.953. The molecule has 13 heavy (non-hydrogen) atoms. The van der Waals surface area contributed by atoms with Gasteiger partial charge in [-0.3, -0.25) is 4.79 Å². The SMILES string of the molecule is CCOC(C)(C)c1noc(C=O)n1. The molecule has 0 aliphatic rings. The number of hydrogen-bond donors (Lipinski definition) is 0. The van der Waals surface area contributed by atoms with E-state index in [1.165, 1.54) is 0 Å². The fraction of sp³-hybridized carbons (Fsp3) is 0.625. The highest BCUT2D eigenvalue weighted by Gasteiger charge is 2.26. The van der Waals surface area contributed by atoms with Gasteiger partial charge in [-0.1, -0.05) is 5.16 Å². The number of carbonyl (C=O) groups excluding carboxylic acids is 1. The molecule has 0 N–H and O–H groups in total. The Kier molecular flexibility index (Phi) is 2.77. The molecule has 0 spiro atoms. The smallest absolute Gasteiger partial charge is 0.290 e. The van der Waals surface area contributed by atoms with E-state index in [1.54, 1.807) is 0 Å². The van der Waals surface area contributed by atoms with Crippen LogP contribution >= 0.6 is 0 Å². The molecule has 5 heteroatoms. The highest BCUT2D eigenvalue weighted by Crippen LogP contribution is 2.20. The lowest BCUT2D eigenvalue weighted by Gasteiger charge is -2.19. The first kappa shape index (κ1) is 9.85. The topological polar surface area (TPSA) is 65.2 Å². The number of ether oxygens (including phenoxy) is 1. The van der Waals surface area contributed by atoms with Gasteiger partial charge in [-0.2, -0.15) is 4.98 Å². The summed E-state index contributed by atoms with van der Waals surface area (Å²) in [6.45, 7) is 6.06. The lowest BCUT2D eigenvalue weighted by Crippen LogP contribution is -2.23. The predicted molar refractivity (Wildman–Crippen MR) is 44.3 cm³/mol. The maximum Gasteiger partial charge on any atom is 0.290 e. The highest BCUT2D eigenvalue weighted by molar-refractivity contribution is 5.66. The van der Waals surface area contributed by atoms with E-state index in [0.29, 0.717) is 18.7 Å². The first-order valence-corrected chi connectivity index (χ1v) is 4.03. The lowest BCUT2D eigenvalue weighted by atomic mass is 10.1. The van der Waals surface area contributed by atoms with Gasteiger partial charge in [-0.25, -0.2) is 0 Å². The third-order valence-electron chi connectivity index (χ3n) is 1.59. The number of hydrogen-bond acceptors (Lipinski definition) is 5. The summed E-state index contributed by atoms with van der Waals surface area (Å²) < 4.78 is 10.0. The Balaban J connectivity index is 2.86. The molecule has 1 heterocycles. The summed E-state index contributed by atoms with van der Waals surface area (Å²) in [5, 5.41) is 3.63. The molecular formula is C8H12N2O3. The Morgan fingerprint density at radius 2 is 2.31 bits per heavy atom. The molecule has 0 saturated carbocycles. The molecule has 0 amide bonds. The van der Waals surface area contributed by atoms with Crippen LogP contribution in [0.15, 0.2) is 4.52 Å². The molecule has 0 aliphatic heterocycles. The zero-order valence-corrected chi connectivity index (χ0v) is 7.90. The Morgan fingerprint density at radius 3 is 2.77 bits per heavy atom. The standard InChI is InChI=1S/C8H12N2O3/c1-4-12-8(2,3)7-9-6(5-11)13-10-7/h5H,4H2,1-3H3. The van der Waals surface area contributed by atoms with E-state index in [1.807, 2.05) is 20.8 Å². The number of aldehydes is 1. The molecule has 0 aromatic carbocycles. The van der Waals surface area contributed by atoms with Crippen LogP contribution in [0.1, 0.15) is 37.3 Å². The summed E-state index contributed by atoms with van der Waals surface area (Å²) in [5.41, 5.74) is -0.612. The van der Waals surface area contributed by atoms with Crippen LogP contribution in [-0.4, -0.2) is 23.0 Å². The first-order valence-electron chi connectivity index (χ1n) is 4.03. The molecule has 0 atom stereocenters. The van der Waals surface area contributed by atoms with Gasteiger partial charge in [0.15, 0.2) is 0 Å². The Hall–Kier alpha value is -1.23. The second kappa shape index (κ2) is 3.66. The zero-order chi connectivity index (χ0) is 9.90. The van der Waals surface area contributed by atoms with Crippen LogP contribution in [0.4, 0.5) is 0 Å². The fourth-order valence-electron chi connectivity index (χ4n) is 0.953. The number of carbonyl (C=O) groups is 1. The lowest BCUT2D eigenvalue weighted by molar-refractivity contribution is -0.0221. The molecule has 5 nitrogen and oxygen atoms in total. The van der Waals surface area contributed by atoms with Crippen LogP contribution < -0.4 is 0 Å². The molecule has 72 valence electrons. The van der Waals surface area contributed by atoms with Gasteiger partial charge in [0.05, 0.1) is 0 Å². The van der Waals surface area contributed by atoms with Crippen LogP contribution in [0, 0.1) is 0 Å². The van der Waals surface area contributed by atoms with E-state index in [2.05, 4.69) is 14.7 Å². The van der Waals surface area contributed by atoms with Gasteiger partial charge in [-0.05, 0) is 20.8 Å². The van der Waals surface area contributed by atoms with E-state index >= 15 is 0 Å². The van der Waals surface area contributed by atoms with Crippen molar-refractivity contribution in [3.05, 3.63) is 11.7 Å². The number of aromatic nitrogens is 2. The summed E-state index contributed by atoms with van der Waals surface area (Å²) >= 11 is 0. The highest BCUT2D eigenvalue weighted by atomic mass is 16.5. The minimum atomic E-state index is -0.612. The second-order valence-corrected chi connectivity index (χ2v) is 3.02. The van der Waals surface area contributed by atoms with Crippen LogP contribution in [-0.2, 0) is 10.3 Å². The summed E-state index contributed by atoms with van der Waals surface area (Å²) in [5.74, 6) is 0.360. The van der Waals surface area contributed by atoms with Gasteiger partial charge in [0.1, 0.15) is 5.60 Å². The zero-order valence-electron chi connectivity index (χ0n) is 7.90. The van der Waals surface area contributed by atoms with Crippen molar-refractivity contribution in [2.24, 2.45) is 0 Å². The predicted octanol–water partition coefficient (Wildman–Crippen LogP) is 1.15. The Morgan fingerprint density at radius 1 is 1.62 bits per heavy atom. The van der Waals surface area contributed by atoms with E-state index in [0.717, 1.165) is 0 Å². The molecule has 0 radical (unpaired) electrons. The largest absolute Gasteiger partial charge is 0.368 e. The molecule has 0 saturated heterocycles. The number of rotatable bonds is 4. The van der Waals surface area contributed by atoms with Crippen molar-refractivity contribution in [3.8, 4) is 0 Å². The van der Waals surface area contributed by atoms with Crippen molar-refractivity contribution in [1.82, 2.24) is 10.1 Å². The minimum absolute atomic E-state index is 0.0252. The van der Waals surface area contributed by atoms with Gasteiger partial charge < -0.3 is 9.26 Å². The van der Waals surface area contributed by atoms with Crippen molar-refractivity contribution < 1.29 is 14.1 Å². The second-order valence-electron chi connectivity index (χ2n) is 3.02. The maximum absolute atomic E-state index is 10.3. The maximum atomic E-state index is 10.3. The summed E-state index contributed by atoms with van der Waals surface area (Å²) in [7, 11) is 0. The molecule has 0 fully saturated rings. The molecule has 1 aromatic rings. The summed E-state index contributed by atoms with van der Waals surface area (Å²) in [4.78, 5) is 14.1. The van der Waals surface area contributed by atoms with Gasteiger partial charge in [0, 0.05) is 6.61 Å². The van der Waals surface area contributed by atoms with E-state index in [4.69, 9.17) is 4.74 Å². The average Bonchev–Trinajstić information content (AvgIpc) is 2.52. The first-order chi connectivity index (χ1) is 6.10. The molecule has 0 unspecified atom stereocenters. The van der Waals surface area contributed by atoms with E-state index in [9.17, 15) is 4.79 Å². The third kappa shape index (κ3) is 2.12. The van der Waals surface area contributed by atoms with Gasteiger partial charge in [0.2, 0.25) is 12.1 Å². The van der Waals surface area contributed by atoms with Crippen molar-refractivity contribution in [3.63, 3.8) is 0 Å². The number of nitrogens with zero attached hydrogens (tertiary/aromatic N) is 2. The van der Waals surface area contributed by atoms with E-state index < -0.39 is 5.60 Å². The minimum Gasteiger partial charge on any atom is -0.368 e. The van der Waals surface area contributed by atoms with Crippen LogP contribution in [0.3, 0.4) is 0 Å². The van der Waals surface area contributed by atoms with E-state index in [-0.39, 0.29) is 5.89 Å².